The predicted molar refractivity (Wildman–Crippen MR) is 107 cm³/mol. The molecule has 138 valence electrons. The molecule has 4 nitrogen and oxygen atoms in total. The molecule has 1 heterocycles. The maximum absolute atomic E-state index is 12.3. The highest BCUT2D eigenvalue weighted by Crippen LogP contribution is 2.28. The molecule has 1 atom stereocenters. The number of ether oxygens (including phenoxy) is 1. The van der Waals surface area contributed by atoms with E-state index in [0.717, 1.165) is 36.6 Å². The quantitative estimate of drug-likeness (QED) is 0.777. The molecule has 0 radical (unpaired) electrons. The molecule has 1 fully saturated rings. The molecule has 1 aliphatic heterocycles. The maximum atomic E-state index is 12.3. The highest BCUT2D eigenvalue weighted by Gasteiger charge is 2.16. The summed E-state index contributed by atoms with van der Waals surface area (Å²) in [4.78, 5) is 14.6. The van der Waals surface area contributed by atoms with E-state index in [0.29, 0.717) is 5.92 Å². The molecule has 0 unspecified atom stereocenters. The fourth-order valence-electron chi connectivity index (χ4n) is 3.28. The van der Waals surface area contributed by atoms with Gasteiger partial charge in [-0.2, -0.15) is 0 Å². The van der Waals surface area contributed by atoms with Gasteiger partial charge in [0.25, 0.3) is 5.91 Å². The van der Waals surface area contributed by atoms with Gasteiger partial charge in [0.1, 0.15) is 5.75 Å². The minimum atomic E-state index is -0.136. The third kappa shape index (κ3) is 4.57. The Bertz CT molecular complexity index is 721. The van der Waals surface area contributed by atoms with Crippen LogP contribution in [0.2, 0.25) is 0 Å². The third-order valence-electron chi connectivity index (χ3n) is 5.06. The smallest absolute Gasteiger partial charge is 0.262 e. The third-order valence-corrected chi connectivity index (χ3v) is 5.06. The van der Waals surface area contributed by atoms with E-state index < -0.39 is 0 Å². The van der Waals surface area contributed by atoms with E-state index >= 15 is 0 Å². The summed E-state index contributed by atoms with van der Waals surface area (Å²) >= 11 is 0. The number of amides is 1. The number of rotatable bonds is 7. The summed E-state index contributed by atoms with van der Waals surface area (Å²) in [6.07, 6.45) is 3.52. The van der Waals surface area contributed by atoms with E-state index in [2.05, 4.69) is 42.3 Å². The van der Waals surface area contributed by atoms with Crippen molar-refractivity contribution in [3.63, 3.8) is 0 Å². The molecule has 2 aromatic carbocycles. The fraction of sp³-hybridized carbons (Fsp3) is 0.409. The first-order chi connectivity index (χ1) is 12.7. The molecule has 0 saturated carbocycles. The normalized spacial score (nSPS) is 14.9. The van der Waals surface area contributed by atoms with Gasteiger partial charge in [-0.05, 0) is 55.0 Å². The first-order valence-corrected chi connectivity index (χ1v) is 9.54. The Balaban J connectivity index is 1.56. The van der Waals surface area contributed by atoms with Crippen LogP contribution in [0, 0.1) is 0 Å². The number of carbonyl (C=O) groups excluding carboxylic acids is 1. The number of para-hydroxylation sites is 2. The van der Waals surface area contributed by atoms with Gasteiger partial charge in [0.05, 0.1) is 11.4 Å². The summed E-state index contributed by atoms with van der Waals surface area (Å²) < 4.78 is 5.65. The number of nitrogens with zero attached hydrogens (tertiary/aromatic N) is 1. The number of nitrogens with one attached hydrogen (secondary N) is 1. The van der Waals surface area contributed by atoms with Crippen LogP contribution in [0.3, 0.4) is 0 Å². The SMILES string of the molecule is CC[C@@H](C)c1ccc(OCC(=O)Nc2ccccc2N2CCCC2)cc1. The Morgan fingerprint density at radius 3 is 2.50 bits per heavy atom. The average molecular weight is 352 g/mol. The van der Waals surface area contributed by atoms with Gasteiger partial charge in [-0.15, -0.1) is 0 Å². The van der Waals surface area contributed by atoms with Crippen molar-refractivity contribution in [2.75, 3.05) is 29.9 Å². The van der Waals surface area contributed by atoms with Gasteiger partial charge in [-0.25, -0.2) is 0 Å². The van der Waals surface area contributed by atoms with E-state index in [9.17, 15) is 4.79 Å². The summed E-state index contributed by atoms with van der Waals surface area (Å²) in [5.41, 5.74) is 3.25. The average Bonchev–Trinajstić information content (AvgIpc) is 3.21. The lowest BCUT2D eigenvalue weighted by atomic mass is 9.99. The standard InChI is InChI=1S/C22H28N2O2/c1-3-17(2)18-10-12-19(13-11-18)26-16-22(25)23-20-8-4-5-9-21(20)24-14-6-7-15-24/h4-5,8-13,17H,3,6-7,14-16H2,1-2H3,(H,23,25)/t17-/m1/s1. The van der Waals surface area contributed by atoms with Crippen LogP contribution < -0.4 is 15.0 Å². The Morgan fingerprint density at radius 1 is 1.12 bits per heavy atom. The lowest BCUT2D eigenvalue weighted by Gasteiger charge is -2.21. The Morgan fingerprint density at radius 2 is 1.81 bits per heavy atom. The zero-order valence-corrected chi connectivity index (χ0v) is 15.7. The highest BCUT2D eigenvalue weighted by atomic mass is 16.5. The highest BCUT2D eigenvalue weighted by molar-refractivity contribution is 5.95. The lowest BCUT2D eigenvalue weighted by Crippen LogP contribution is -2.24. The van der Waals surface area contributed by atoms with Crippen LogP contribution in [0.15, 0.2) is 48.5 Å². The molecule has 0 spiro atoms. The van der Waals surface area contributed by atoms with Crippen molar-refractivity contribution in [3.8, 4) is 5.75 Å². The largest absolute Gasteiger partial charge is 0.484 e. The number of anilines is 2. The van der Waals surface area contributed by atoms with Gasteiger partial charge in [-0.3, -0.25) is 4.79 Å². The second-order valence-corrected chi connectivity index (χ2v) is 6.93. The molecular weight excluding hydrogens is 324 g/mol. The first kappa shape index (κ1) is 18.3. The van der Waals surface area contributed by atoms with Crippen LogP contribution in [-0.4, -0.2) is 25.6 Å². The van der Waals surface area contributed by atoms with Crippen molar-refractivity contribution < 1.29 is 9.53 Å². The van der Waals surface area contributed by atoms with Gasteiger partial charge < -0.3 is 15.0 Å². The molecule has 0 aromatic heterocycles. The fourth-order valence-corrected chi connectivity index (χ4v) is 3.28. The van der Waals surface area contributed by atoms with Gasteiger partial charge in [-0.1, -0.05) is 38.1 Å². The molecule has 2 aromatic rings. The van der Waals surface area contributed by atoms with Crippen LogP contribution in [0.4, 0.5) is 11.4 Å². The topological polar surface area (TPSA) is 41.6 Å². The van der Waals surface area contributed by atoms with E-state index in [-0.39, 0.29) is 12.5 Å². The van der Waals surface area contributed by atoms with Gasteiger partial charge in [0.15, 0.2) is 6.61 Å². The molecule has 0 aliphatic carbocycles. The van der Waals surface area contributed by atoms with E-state index in [1.807, 2.05) is 30.3 Å². The number of hydrogen-bond acceptors (Lipinski definition) is 3. The van der Waals surface area contributed by atoms with Crippen molar-refractivity contribution in [1.29, 1.82) is 0 Å². The van der Waals surface area contributed by atoms with Crippen molar-refractivity contribution in [3.05, 3.63) is 54.1 Å². The molecule has 1 aliphatic rings. The van der Waals surface area contributed by atoms with Crippen LogP contribution in [0.5, 0.6) is 5.75 Å². The van der Waals surface area contributed by atoms with Gasteiger partial charge in [0, 0.05) is 13.1 Å². The molecular formula is C22H28N2O2. The molecule has 3 rings (SSSR count). The van der Waals surface area contributed by atoms with Gasteiger partial charge >= 0.3 is 0 Å². The monoisotopic (exact) mass is 352 g/mol. The molecule has 0 bridgehead atoms. The molecule has 1 N–H and O–H groups in total. The summed E-state index contributed by atoms with van der Waals surface area (Å²) in [6.45, 7) is 6.50. The number of benzene rings is 2. The molecule has 1 amide bonds. The zero-order chi connectivity index (χ0) is 18.4. The Labute approximate surface area is 156 Å². The zero-order valence-electron chi connectivity index (χ0n) is 15.7. The van der Waals surface area contributed by atoms with Crippen LogP contribution in [-0.2, 0) is 4.79 Å². The summed E-state index contributed by atoms with van der Waals surface area (Å²) in [5, 5.41) is 2.99. The van der Waals surface area contributed by atoms with Crippen molar-refractivity contribution in [1.82, 2.24) is 0 Å². The summed E-state index contributed by atoms with van der Waals surface area (Å²) in [7, 11) is 0. The number of carbonyl (C=O) groups is 1. The minimum Gasteiger partial charge on any atom is -0.484 e. The maximum Gasteiger partial charge on any atom is 0.262 e. The van der Waals surface area contributed by atoms with E-state index in [1.165, 1.54) is 18.4 Å². The van der Waals surface area contributed by atoms with Crippen molar-refractivity contribution in [2.45, 2.75) is 39.0 Å². The lowest BCUT2D eigenvalue weighted by molar-refractivity contribution is -0.118. The summed E-state index contributed by atoms with van der Waals surface area (Å²) in [6, 6.07) is 16.0. The molecule has 4 heteroatoms. The Hall–Kier alpha value is -2.49. The second kappa shape index (κ2) is 8.75. The van der Waals surface area contributed by atoms with Crippen molar-refractivity contribution >= 4 is 17.3 Å². The van der Waals surface area contributed by atoms with Gasteiger partial charge in [0.2, 0.25) is 0 Å². The Kier molecular flexibility index (Phi) is 6.16. The first-order valence-electron chi connectivity index (χ1n) is 9.54. The summed E-state index contributed by atoms with van der Waals surface area (Å²) in [5.74, 6) is 1.12. The minimum absolute atomic E-state index is 0.0109. The van der Waals surface area contributed by atoms with Crippen LogP contribution in [0.1, 0.15) is 44.6 Å². The molecule has 1 saturated heterocycles. The van der Waals surface area contributed by atoms with E-state index in [4.69, 9.17) is 4.74 Å². The van der Waals surface area contributed by atoms with Crippen molar-refractivity contribution in [2.24, 2.45) is 0 Å². The van der Waals surface area contributed by atoms with E-state index in [1.54, 1.807) is 0 Å². The van der Waals surface area contributed by atoms with Crippen LogP contribution >= 0.6 is 0 Å². The predicted octanol–water partition coefficient (Wildman–Crippen LogP) is 4.82. The second-order valence-electron chi connectivity index (χ2n) is 6.93. The molecule has 26 heavy (non-hydrogen) atoms. The van der Waals surface area contributed by atoms with Crippen LogP contribution in [0.25, 0.3) is 0 Å². The number of hydrogen-bond donors (Lipinski definition) is 1.